The number of H-pyrrole nitrogens is 1. The van der Waals surface area contributed by atoms with Crippen molar-refractivity contribution in [3.8, 4) is 5.75 Å². The number of nitrogens with zero attached hydrogens (tertiary/aromatic N) is 2. The fourth-order valence-electron chi connectivity index (χ4n) is 3.31. The van der Waals surface area contributed by atoms with Crippen LogP contribution in [-0.4, -0.2) is 34.0 Å². The zero-order valence-electron chi connectivity index (χ0n) is 17.2. The smallest absolute Gasteiger partial charge is 0.270 e. The maximum Gasteiger partial charge on any atom is 0.270 e. The van der Waals surface area contributed by atoms with Gasteiger partial charge < -0.3 is 14.1 Å². The second-order valence-corrected chi connectivity index (χ2v) is 8.35. The van der Waals surface area contributed by atoms with Crippen molar-refractivity contribution in [1.82, 2.24) is 15.3 Å². The molecule has 0 aliphatic carbocycles. The van der Waals surface area contributed by atoms with Crippen molar-refractivity contribution >= 4 is 63.7 Å². The lowest BCUT2D eigenvalue weighted by Crippen LogP contribution is -2.54. The van der Waals surface area contributed by atoms with E-state index in [0.29, 0.717) is 27.4 Å². The maximum absolute atomic E-state index is 13.1. The van der Waals surface area contributed by atoms with E-state index in [-0.39, 0.29) is 10.7 Å². The molecule has 33 heavy (non-hydrogen) atoms. The molecule has 0 atom stereocenters. The van der Waals surface area contributed by atoms with Crippen LogP contribution in [0.25, 0.3) is 17.1 Å². The Morgan fingerprint density at radius 3 is 2.64 bits per heavy atom. The number of carbonyl (C=O) groups is 2. The Labute approximate surface area is 197 Å². The fraction of sp³-hybridized carbons (Fsp3) is 0.0435. The quantitative estimate of drug-likeness (QED) is 0.254. The van der Waals surface area contributed by atoms with E-state index in [4.69, 9.17) is 21.4 Å². The first-order chi connectivity index (χ1) is 16.0. The molecule has 5 rings (SSSR count). The van der Waals surface area contributed by atoms with Gasteiger partial charge in [0, 0.05) is 0 Å². The van der Waals surface area contributed by atoms with E-state index in [1.807, 2.05) is 24.3 Å². The second kappa shape index (κ2) is 8.57. The van der Waals surface area contributed by atoms with E-state index in [1.54, 1.807) is 43.5 Å². The summed E-state index contributed by atoms with van der Waals surface area (Å²) in [4.78, 5) is 34.6. The SMILES string of the molecule is COc1ccc(N2C(=O)/C(=C/c3ccc(Sc4nc5ccccc5[nH]4)o3)C(=O)NC2=S)cc1. The van der Waals surface area contributed by atoms with Gasteiger partial charge in [0.2, 0.25) is 0 Å². The Bertz CT molecular complexity index is 1390. The van der Waals surface area contributed by atoms with E-state index in [0.717, 1.165) is 11.0 Å². The van der Waals surface area contributed by atoms with Crippen LogP contribution in [0.15, 0.2) is 80.9 Å². The molecule has 10 heteroatoms. The van der Waals surface area contributed by atoms with Crippen molar-refractivity contribution in [1.29, 1.82) is 0 Å². The van der Waals surface area contributed by atoms with Crippen molar-refractivity contribution in [2.75, 3.05) is 12.0 Å². The number of anilines is 1. The molecule has 0 radical (unpaired) electrons. The first-order valence-electron chi connectivity index (χ1n) is 9.80. The van der Waals surface area contributed by atoms with E-state index in [2.05, 4.69) is 15.3 Å². The van der Waals surface area contributed by atoms with Crippen LogP contribution >= 0.6 is 24.0 Å². The summed E-state index contributed by atoms with van der Waals surface area (Å²) in [6.07, 6.45) is 1.40. The number of hydrogen-bond donors (Lipinski definition) is 2. The molecule has 2 amide bonds. The van der Waals surface area contributed by atoms with Gasteiger partial charge in [0.1, 0.15) is 17.1 Å². The molecule has 1 aliphatic heterocycles. The summed E-state index contributed by atoms with van der Waals surface area (Å²) in [6, 6.07) is 17.9. The third-order valence-corrected chi connectivity index (χ3v) is 5.98. The monoisotopic (exact) mass is 476 g/mol. The van der Waals surface area contributed by atoms with Crippen LogP contribution < -0.4 is 15.0 Å². The van der Waals surface area contributed by atoms with Crippen LogP contribution in [0.3, 0.4) is 0 Å². The number of aromatic nitrogens is 2. The number of thiocarbonyl (C=S) groups is 1. The number of fused-ring (bicyclic) bond motifs is 1. The minimum Gasteiger partial charge on any atom is -0.497 e. The molecule has 8 nitrogen and oxygen atoms in total. The summed E-state index contributed by atoms with van der Waals surface area (Å²) < 4.78 is 11.0. The highest BCUT2D eigenvalue weighted by Gasteiger charge is 2.34. The molecule has 2 aromatic heterocycles. The standard InChI is InChI=1S/C23H16N4O4S2/c1-30-14-8-6-13(7-9-14)27-21(29)16(20(28)26-23(27)32)12-15-10-11-19(31-15)33-22-24-17-4-2-3-5-18(17)25-22/h2-12H,1H3,(H,24,25)(H,26,28,32)/b16-12+. The van der Waals surface area contributed by atoms with Crippen molar-refractivity contribution in [3.63, 3.8) is 0 Å². The normalized spacial score (nSPS) is 15.4. The molecule has 1 saturated heterocycles. The number of nitrogens with one attached hydrogen (secondary N) is 2. The Morgan fingerprint density at radius 2 is 1.88 bits per heavy atom. The van der Waals surface area contributed by atoms with Crippen LogP contribution in [0.5, 0.6) is 5.75 Å². The average Bonchev–Trinajstić information content (AvgIpc) is 3.43. The number of benzene rings is 2. The van der Waals surface area contributed by atoms with Crippen molar-refractivity contribution in [2.24, 2.45) is 0 Å². The van der Waals surface area contributed by atoms with Gasteiger partial charge in [-0.1, -0.05) is 12.1 Å². The van der Waals surface area contributed by atoms with Crippen LogP contribution in [0, 0.1) is 0 Å². The molecule has 0 unspecified atom stereocenters. The van der Waals surface area contributed by atoms with Crippen molar-refractivity contribution < 1.29 is 18.7 Å². The van der Waals surface area contributed by atoms with E-state index >= 15 is 0 Å². The lowest BCUT2D eigenvalue weighted by Gasteiger charge is -2.28. The number of rotatable bonds is 5. The van der Waals surface area contributed by atoms with Gasteiger partial charge >= 0.3 is 0 Å². The summed E-state index contributed by atoms with van der Waals surface area (Å²) in [6.45, 7) is 0. The lowest BCUT2D eigenvalue weighted by molar-refractivity contribution is -0.122. The molecule has 3 heterocycles. The topological polar surface area (TPSA) is 100 Å². The Kier molecular flexibility index (Phi) is 5.45. The lowest BCUT2D eigenvalue weighted by atomic mass is 10.1. The number of carbonyl (C=O) groups excluding carboxylic acids is 2. The summed E-state index contributed by atoms with van der Waals surface area (Å²) >= 11 is 6.53. The number of hydrogen-bond acceptors (Lipinski definition) is 7. The maximum atomic E-state index is 13.1. The molecular formula is C23H16N4O4S2. The molecule has 1 fully saturated rings. The largest absolute Gasteiger partial charge is 0.497 e. The molecule has 0 bridgehead atoms. The van der Waals surface area contributed by atoms with Crippen molar-refractivity contribution in [3.05, 3.63) is 72.0 Å². The summed E-state index contributed by atoms with van der Waals surface area (Å²) in [5.74, 6) is -0.136. The highest BCUT2D eigenvalue weighted by atomic mass is 32.2. The third-order valence-electron chi connectivity index (χ3n) is 4.89. The van der Waals surface area contributed by atoms with Gasteiger partial charge in [-0.3, -0.25) is 19.8 Å². The number of aromatic amines is 1. The minimum atomic E-state index is -0.586. The number of amides is 2. The molecule has 164 valence electrons. The van der Waals surface area contributed by atoms with Gasteiger partial charge in [-0.05, 0) is 78.6 Å². The molecule has 0 spiro atoms. The zero-order chi connectivity index (χ0) is 22.9. The zero-order valence-corrected chi connectivity index (χ0v) is 18.8. The van der Waals surface area contributed by atoms with Gasteiger partial charge in [-0.25, -0.2) is 4.98 Å². The van der Waals surface area contributed by atoms with E-state index in [1.165, 1.54) is 22.7 Å². The molecule has 2 N–H and O–H groups in total. The number of ether oxygens (including phenoxy) is 1. The molecular weight excluding hydrogens is 460 g/mol. The second-order valence-electron chi connectivity index (χ2n) is 6.97. The highest BCUT2D eigenvalue weighted by Crippen LogP contribution is 2.30. The Balaban J connectivity index is 1.39. The van der Waals surface area contributed by atoms with Crippen molar-refractivity contribution in [2.45, 2.75) is 10.2 Å². The summed E-state index contributed by atoms with van der Waals surface area (Å²) in [5, 5.41) is 3.80. The van der Waals surface area contributed by atoms with Gasteiger partial charge in [-0.2, -0.15) is 0 Å². The van der Waals surface area contributed by atoms with E-state index < -0.39 is 11.8 Å². The first-order valence-corrected chi connectivity index (χ1v) is 11.0. The van der Waals surface area contributed by atoms with Gasteiger partial charge in [-0.15, -0.1) is 0 Å². The Hall–Kier alpha value is -3.89. The van der Waals surface area contributed by atoms with Crippen LogP contribution in [0.1, 0.15) is 5.76 Å². The number of para-hydroxylation sites is 2. The van der Waals surface area contributed by atoms with Crippen LogP contribution in [0.4, 0.5) is 5.69 Å². The van der Waals surface area contributed by atoms with Crippen LogP contribution in [0.2, 0.25) is 0 Å². The van der Waals surface area contributed by atoms with Gasteiger partial charge in [0.25, 0.3) is 11.8 Å². The molecule has 2 aromatic carbocycles. The van der Waals surface area contributed by atoms with Crippen LogP contribution in [-0.2, 0) is 9.59 Å². The number of furan rings is 1. The highest BCUT2D eigenvalue weighted by molar-refractivity contribution is 7.99. The predicted molar refractivity (Wildman–Crippen MR) is 128 cm³/mol. The minimum absolute atomic E-state index is 0.00731. The molecule has 0 saturated carbocycles. The fourth-order valence-corrected chi connectivity index (χ4v) is 4.36. The average molecular weight is 477 g/mol. The number of imidazole rings is 1. The Morgan fingerprint density at radius 1 is 1.09 bits per heavy atom. The van der Waals surface area contributed by atoms with E-state index in [9.17, 15) is 9.59 Å². The van der Waals surface area contributed by atoms with Gasteiger partial charge in [0.15, 0.2) is 15.4 Å². The third kappa shape index (κ3) is 4.13. The van der Waals surface area contributed by atoms with Gasteiger partial charge in [0.05, 0.1) is 23.8 Å². The number of methoxy groups -OCH3 is 1. The summed E-state index contributed by atoms with van der Waals surface area (Å²) in [5.41, 5.74) is 2.20. The molecule has 4 aromatic rings. The summed E-state index contributed by atoms with van der Waals surface area (Å²) in [7, 11) is 1.55. The first kappa shape index (κ1) is 21.0. The predicted octanol–water partition coefficient (Wildman–Crippen LogP) is 4.15. The molecule has 1 aliphatic rings.